The Morgan fingerprint density at radius 1 is 1.32 bits per heavy atom. The predicted octanol–water partition coefficient (Wildman–Crippen LogP) is 2.42. The third-order valence-electron chi connectivity index (χ3n) is 4.69. The molecule has 1 atom stereocenters. The van der Waals surface area contributed by atoms with Crippen LogP contribution in [0, 0.1) is 13.8 Å². The fourth-order valence-electron chi connectivity index (χ4n) is 3.33. The van der Waals surface area contributed by atoms with Crippen LogP contribution in [0.15, 0.2) is 18.2 Å². The lowest BCUT2D eigenvalue weighted by atomic mass is 10.0. The van der Waals surface area contributed by atoms with Crippen molar-refractivity contribution in [1.82, 2.24) is 10.2 Å². The lowest BCUT2D eigenvalue weighted by Crippen LogP contribution is -2.48. The third-order valence-corrected chi connectivity index (χ3v) is 4.69. The van der Waals surface area contributed by atoms with Gasteiger partial charge < -0.3 is 15.8 Å². The molecule has 0 bridgehead atoms. The summed E-state index contributed by atoms with van der Waals surface area (Å²) in [5, 5.41) is 3.01. The second-order valence-corrected chi connectivity index (χ2v) is 6.60. The molecule has 25 heavy (non-hydrogen) atoms. The van der Waals surface area contributed by atoms with Gasteiger partial charge in [-0.3, -0.25) is 9.69 Å². The first-order valence-corrected chi connectivity index (χ1v) is 9.01. The molecule has 0 radical (unpaired) electrons. The molecule has 0 aliphatic carbocycles. The van der Waals surface area contributed by atoms with E-state index in [1.807, 2.05) is 0 Å². The maximum Gasteiger partial charge on any atom is 0.221 e. The maximum atomic E-state index is 11.6. The van der Waals surface area contributed by atoms with Crippen molar-refractivity contribution in [2.75, 3.05) is 32.8 Å². The molecular weight excluding hydrogens is 338 g/mol. The fourth-order valence-corrected chi connectivity index (χ4v) is 3.33. The van der Waals surface area contributed by atoms with Gasteiger partial charge >= 0.3 is 0 Å². The molecule has 0 aromatic heterocycles. The largest absolute Gasteiger partial charge is 0.492 e. The number of aryl methyl sites for hydroxylation is 2. The number of carbonyl (C=O) groups excluding carboxylic acids is 1. The highest BCUT2D eigenvalue weighted by atomic mass is 35.5. The molecule has 1 fully saturated rings. The Morgan fingerprint density at radius 2 is 2.04 bits per heavy atom. The summed E-state index contributed by atoms with van der Waals surface area (Å²) >= 11 is 0. The number of nitrogens with zero attached hydrogens (tertiary/aromatic N) is 1. The van der Waals surface area contributed by atoms with E-state index in [1.165, 1.54) is 24.0 Å². The van der Waals surface area contributed by atoms with Gasteiger partial charge in [0.25, 0.3) is 0 Å². The molecule has 1 aromatic rings. The standard InChI is InChI=1S/C19H31N3O2.ClH/c1-15-6-5-7-16(2)19(15)24-13-12-22-11-4-3-8-17(22)14-21-18(23)9-10-20;/h5-7,17H,3-4,8-14,20H2,1-2H3,(H,21,23);1H. The van der Waals surface area contributed by atoms with Crippen molar-refractivity contribution in [1.29, 1.82) is 0 Å². The van der Waals surface area contributed by atoms with Crippen molar-refractivity contribution in [3.63, 3.8) is 0 Å². The van der Waals surface area contributed by atoms with Crippen molar-refractivity contribution in [3.05, 3.63) is 29.3 Å². The average Bonchev–Trinajstić information content (AvgIpc) is 2.57. The van der Waals surface area contributed by atoms with E-state index in [9.17, 15) is 4.79 Å². The van der Waals surface area contributed by atoms with Crippen molar-refractivity contribution >= 4 is 18.3 Å². The number of hydrogen-bond donors (Lipinski definition) is 2. The van der Waals surface area contributed by atoms with E-state index in [0.29, 0.717) is 32.2 Å². The van der Waals surface area contributed by atoms with Crippen LogP contribution < -0.4 is 15.8 Å². The highest BCUT2D eigenvalue weighted by molar-refractivity contribution is 5.85. The Hall–Kier alpha value is -1.30. The number of nitrogens with two attached hydrogens (primary N) is 1. The van der Waals surface area contributed by atoms with E-state index in [1.54, 1.807) is 0 Å². The van der Waals surface area contributed by atoms with Crippen LogP contribution in [0.3, 0.4) is 0 Å². The molecular formula is C19H32ClN3O2. The minimum absolute atomic E-state index is 0. The molecule has 1 amide bonds. The maximum absolute atomic E-state index is 11.6. The summed E-state index contributed by atoms with van der Waals surface area (Å²) in [7, 11) is 0. The van der Waals surface area contributed by atoms with Crippen LogP contribution in [0.5, 0.6) is 5.75 Å². The molecule has 1 aliphatic rings. The Kier molecular flexibility index (Phi) is 9.86. The normalized spacial score (nSPS) is 17.6. The molecule has 3 N–H and O–H groups in total. The van der Waals surface area contributed by atoms with Gasteiger partial charge in [-0.2, -0.15) is 0 Å². The van der Waals surface area contributed by atoms with Crippen molar-refractivity contribution in [2.24, 2.45) is 5.73 Å². The van der Waals surface area contributed by atoms with Crippen LogP contribution >= 0.6 is 12.4 Å². The first-order chi connectivity index (χ1) is 11.6. The lowest BCUT2D eigenvalue weighted by Gasteiger charge is -2.35. The van der Waals surface area contributed by atoms with Crippen LogP contribution in [0.25, 0.3) is 0 Å². The van der Waals surface area contributed by atoms with Gasteiger partial charge in [0.05, 0.1) is 0 Å². The Labute approximate surface area is 157 Å². The summed E-state index contributed by atoms with van der Waals surface area (Å²) < 4.78 is 6.04. The number of hydrogen-bond acceptors (Lipinski definition) is 4. The van der Waals surface area contributed by atoms with Gasteiger partial charge in [-0.25, -0.2) is 0 Å². The van der Waals surface area contributed by atoms with E-state index < -0.39 is 0 Å². The number of benzene rings is 1. The first-order valence-electron chi connectivity index (χ1n) is 9.01. The molecule has 2 rings (SSSR count). The Morgan fingerprint density at radius 3 is 2.72 bits per heavy atom. The molecule has 142 valence electrons. The molecule has 1 aliphatic heterocycles. The topological polar surface area (TPSA) is 67.6 Å². The molecule has 1 aromatic carbocycles. The molecule has 0 saturated carbocycles. The van der Waals surface area contributed by atoms with Crippen LogP contribution in [0.4, 0.5) is 0 Å². The summed E-state index contributed by atoms with van der Waals surface area (Å²) in [5.41, 5.74) is 7.78. The third kappa shape index (κ3) is 6.84. The Bertz CT molecular complexity index is 519. The highest BCUT2D eigenvalue weighted by Crippen LogP contribution is 2.22. The number of halogens is 1. The zero-order valence-electron chi connectivity index (χ0n) is 15.4. The number of rotatable bonds is 8. The van der Waals surface area contributed by atoms with Gasteiger partial charge in [0.2, 0.25) is 5.91 Å². The smallest absolute Gasteiger partial charge is 0.221 e. The average molecular weight is 370 g/mol. The zero-order valence-corrected chi connectivity index (χ0v) is 16.2. The molecule has 1 unspecified atom stereocenters. The quantitative estimate of drug-likeness (QED) is 0.738. The van der Waals surface area contributed by atoms with Gasteiger partial charge in [0.1, 0.15) is 12.4 Å². The molecule has 5 nitrogen and oxygen atoms in total. The van der Waals surface area contributed by atoms with Gasteiger partial charge in [-0.05, 0) is 44.4 Å². The second-order valence-electron chi connectivity index (χ2n) is 6.60. The first kappa shape index (κ1) is 21.7. The molecule has 1 heterocycles. The van der Waals surface area contributed by atoms with E-state index in [0.717, 1.165) is 25.3 Å². The highest BCUT2D eigenvalue weighted by Gasteiger charge is 2.22. The number of nitrogens with one attached hydrogen (secondary N) is 1. The number of amides is 1. The summed E-state index contributed by atoms with van der Waals surface area (Å²) in [6.07, 6.45) is 3.98. The number of piperidine rings is 1. The van der Waals surface area contributed by atoms with E-state index >= 15 is 0 Å². The molecule has 0 spiro atoms. The van der Waals surface area contributed by atoms with E-state index in [4.69, 9.17) is 10.5 Å². The number of carbonyl (C=O) groups is 1. The van der Waals surface area contributed by atoms with Crippen LogP contribution in [0.1, 0.15) is 36.8 Å². The van der Waals surface area contributed by atoms with Crippen LogP contribution in [0.2, 0.25) is 0 Å². The van der Waals surface area contributed by atoms with E-state index in [2.05, 4.69) is 42.3 Å². The Balaban J connectivity index is 0.00000312. The summed E-state index contributed by atoms with van der Waals surface area (Å²) in [6.45, 7) is 7.93. The molecule has 1 saturated heterocycles. The lowest BCUT2D eigenvalue weighted by molar-refractivity contribution is -0.121. The van der Waals surface area contributed by atoms with Crippen molar-refractivity contribution < 1.29 is 9.53 Å². The minimum Gasteiger partial charge on any atom is -0.492 e. The minimum atomic E-state index is 0. The number of likely N-dealkylation sites (tertiary alicyclic amines) is 1. The summed E-state index contributed by atoms with van der Waals surface area (Å²) in [4.78, 5) is 14.1. The SMILES string of the molecule is Cc1cccc(C)c1OCCN1CCCCC1CNC(=O)CCN.Cl. The summed E-state index contributed by atoms with van der Waals surface area (Å²) in [5.74, 6) is 1.05. The zero-order chi connectivity index (χ0) is 17.4. The molecule has 6 heteroatoms. The number of para-hydroxylation sites is 1. The van der Waals surface area contributed by atoms with Gasteiger partial charge in [0.15, 0.2) is 0 Å². The van der Waals surface area contributed by atoms with Gasteiger partial charge in [-0.15, -0.1) is 12.4 Å². The number of ether oxygens (including phenoxy) is 1. The summed E-state index contributed by atoms with van der Waals surface area (Å²) in [6, 6.07) is 6.63. The van der Waals surface area contributed by atoms with Gasteiger partial charge in [0, 0.05) is 32.1 Å². The van der Waals surface area contributed by atoms with Crippen molar-refractivity contribution in [3.8, 4) is 5.75 Å². The fraction of sp³-hybridized carbons (Fsp3) is 0.632. The van der Waals surface area contributed by atoms with Gasteiger partial charge in [-0.1, -0.05) is 24.6 Å². The van der Waals surface area contributed by atoms with Crippen molar-refractivity contribution in [2.45, 2.75) is 45.6 Å². The second kappa shape index (κ2) is 11.3. The monoisotopic (exact) mass is 369 g/mol. The van der Waals surface area contributed by atoms with Crippen LogP contribution in [-0.4, -0.2) is 49.6 Å². The predicted molar refractivity (Wildman–Crippen MR) is 105 cm³/mol. The van der Waals surface area contributed by atoms with E-state index in [-0.39, 0.29) is 18.3 Å². The van der Waals surface area contributed by atoms with Crippen LogP contribution in [-0.2, 0) is 4.79 Å².